The van der Waals surface area contributed by atoms with Gasteiger partial charge in [-0.2, -0.15) is 0 Å². The summed E-state index contributed by atoms with van der Waals surface area (Å²) in [7, 11) is 1.36. The van der Waals surface area contributed by atoms with Crippen LogP contribution in [0.4, 0.5) is 10.1 Å². The van der Waals surface area contributed by atoms with Gasteiger partial charge in [-0.1, -0.05) is 53.4 Å². The van der Waals surface area contributed by atoms with Gasteiger partial charge in [0.05, 0.1) is 18.4 Å². The van der Waals surface area contributed by atoms with Gasteiger partial charge in [-0.25, -0.2) is 4.79 Å². The van der Waals surface area contributed by atoms with Crippen LogP contribution in [0.2, 0.25) is 0 Å². The number of nitrogens with zero attached hydrogens (tertiary/aromatic N) is 2. The molecular weight excluding hydrogens is 440 g/mol. The highest BCUT2D eigenvalue weighted by atomic mass is 32.2. The van der Waals surface area contributed by atoms with E-state index in [9.17, 15) is 9.59 Å². The first-order valence-corrected chi connectivity index (χ1v) is 12.0. The van der Waals surface area contributed by atoms with Crippen LogP contribution in [0.1, 0.15) is 32.8 Å². The summed E-state index contributed by atoms with van der Waals surface area (Å²) in [6.07, 6.45) is 2.83. The number of aromatic nitrogens is 2. The van der Waals surface area contributed by atoms with Gasteiger partial charge in [-0.15, -0.1) is 21.5 Å². The largest absolute Gasteiger partial charge is 0.465 e. The Bertz CT molecular complexity index is 1050. The van der Waals surface area contributed by atoms with Crippen LogP contribution in [0.15, 0.2) is 34.7 Å². The monoisotopic (exact) mass is 460 g/mol. The molecule has 1 aliphatic carbocycles. The third-order valence-electron chi connectivity index (χ3n) is 4.58. The Morgan fingerprint density at radius 1 is 1.17 bits per heavy atom. The fourth-order valence-corrected chi connectivity index (χ4v) is 6.05. The zero-order chi connectivity index (χ0) is 20.9. The van der Waals surface area contributed by atoms with Crippen molar-refractivity contribution in [2.24, 2.45) is 0 Å². The molecule has 0 bridgehead atoms. The number of aryl methyl sites for hydroxylation is 1. The van der Waals surface area contributed by atoms with E-state index in [0.717, 1.165) is 35.3 Å². The summed E-state index contributed by atoms with van der Waals surface area (Å²) in [5, 5.41) is 15.7. The number of hydrogen-bond donors (Lipinski definition) is 2. The number of carbonyl (C=O) groups excluding carboxylic acids is 2. The van der Waals surface area contributed by atoms with Gasteiger partial charge in [0.2, 0.25) is 11.0 Å². The van der Waals surface area contributed by atoms with Crippen LogP contribution in [-0.2, 0) is 28.9 Å². The molecule has 1 amide bonds. The normalized spacial score (nSPS) is 12.4. The van der Waals surface area contributed by atoms with Gasteiger partial charge in [-0.3, -0.25) is 4.79 Å². The van der Waals surface area contributed by atoms with Gasteiger partial charge in [0.25, 0.3) is 0 Å². The Morgan fingerprint density at radius 2 is 2.00 bits per heavy atom. The third-order valence-corrected chi connectivity index (χ3v) is 7.81. The second-order valence-corrected chi connectivity index (χ2v) is 9.91. The maximum absolute atomic E-state index is 12.5. The number of fused-ring (bicyclic) bond motifs is 1. The molecule has 4 rings (SSSR count). The maximum atomic E-state index is 12.5. The van der Waals surface area contributed by atoms with Crippen molar-refractivity contribution in [3.05, 3.63) is 51.9 Å². The van der Waals surface area contributed by atoms with Crippen molar-refractivity contribution < 1.29 is 14.3 Å². The summed E-state index contributed by atoms with van der Waals surface area (Å²) in [4.78, 5) is 25.8. The summed E-state index contributed by atoms with van der Waals surface area (Å²) in [5.41, 5.74) is 2.69. The van der Waals surface area contributed by atoms with Crippen LogP contribution in [-0.4, -0.2) is 34.9 Å². The molecule has 2 heterocycles. The molecule has 0 atom stereocenters. The summed E-state index contributed by atoms with van der Waals surface area (Å²) in [6.45, 7) is 0.667. The van der Waals surface area contributed by atoms with Crippen LogP contribution in [0, 0.1) is 0 Å². The summed E-state index contributed by atoms with van der Waals surface area (Å²) < 4.78 is 5.63. The number of nitrogens with one attached hydrogen (secondary N) is 2. The number of benzene rings is 1. The first-order chi connectivity index (χ1) is 14.6. The Balaban J connectivity index is 1.32. The molecule has 30 heavy (non-hydrogen) atoms. The number of amides is 1. The summed E-state index contributed by atoms with van der Waals surface area (Å²) in [5.74, 6) is -0.383. The standard InChI is InChI=1S/C20H20N4O3S3/c1-27-18(26)16-13-8-5-9-14(13)29-17(16)22-15(25)11-28-20-24-23-19(30-20)21-10-12-6-3-2-4-7-12/h2-4,6-7H,5,8-11H2,1H3,(H,21,23)(H,22,25). The highest BCUT2D eigenvalue weighted by molar-refractivity contribution is 8.01. The second kappa shape index (κ2) is 9.59. The van der Waals surface area contributed by atoms with Crippen molar-refractivity contribution in [2.75, 3.05) is 23.5 Å². The average molecular weight is 461 g/mol. The van der Waals surface area contributed by atoms with E-state index in [0.29, 0.717) is 26.6 Å². The molecule has 0 unspecified atom stereocenters. The smallest absolute Gasteiger partial charge is 0.341 e. The summed E-state index contributed by atoms with van der Waals surface area (Å²) in [6, 6.07) is 10.0. The van der Waals surface area contributed by atoms with E-state index in [1.807, 2.05) is 30.3 Å². The van der Waals surface area contributed by atoms with E-state index in [-0.39, 0.29) is 11.7 Å². The number of esters is 1. The van der Waals surface area contributed by atoms with E-state index in [1.165, 1.54) is 41.5 Å². The van der Waals surface area contributed by atoms with Gasteiger partial charge in [-0.05, 0) is 30.4 Å². The van der Waals surface area contributed by atoms with E-state index < -0.39 is 5.97 Å². The van der Waals surface area contributed by atoms with Crippen LogP contribution < -0.4 is 10.6 Å². The molecule has 0 saturated heterocycles. The van der Waals surface area contributed by atoms with Crippen LogP contribution in [0.5, 0.6) is 0 Å². The lowest BCUT2D eigenvalue weighted by molar-refractivity contribution is -0.113. The lowest BCUT2D eigenvalue weighted by Crippen LogP contribution is -2.16. The van der Waals surface area contributed by atoms with Crippen molar-refractivity contribution in [1.29, 1.82) is 0 Å². The SMILES string of the molecule is COC(=O)c1c(NC(=O)CSc2nnc(NCc3ccccc3)s2)sc2c1CCC2. The van der Waals surface area contributed by atoms with E-state index >= 15 is 0 Å². The number of ether oxygens (including phenoxy) is 1. The molecule has 2 aromatic heterocycles. The van der Waals surface area contributed by atoms with Crippen molar-refractivity contribution in [3.8, 4) is 0 Å². The zero-order valence-electron chi connectivity index (χ0n) is 16.3. The van der Waals surface area contributed by atoms with E-state index in [2.05, 4.69) is 20.8 Å². The van der Waals surface area contributed by atoms with E-state index in [4.69, 9.17) is 4.74 Å². The number of methoxy groups -OCH3 is 1. The molecule has 7 nitrogen and oxygen atoms in total. The molecule has 1 aliphatic rings. The Hall–Kier alpha value is -2.43. The maximum Gasteiger partial charge on any atom is 0.341 e. The van der Waals surface area contributed by atoms with Crippen LogP contribution >= 0.6 is 34.4 Å². The molecule has 10 heteroatoms. The quantitative estimate of drug-likeness (QED) is 0.384. The first kappa shape index (κ1) is 20.8. The van der Waals surface area contributed by atoms with Crippen molar-refractivity contribution >= 4 is 56.4 Å². The molecule has 156 valence electrons. The molecule has 3 aromatic rings. The molecule has 0 fully saturated rings. The average Bonchev–Trinajstić information content (AvgIpc) is 3.47. The Kier molecular flexibility index (Phi) is 6.66. The molecule has 0 spiro atoms. The van der Waals surface area contributed by atoms with Gasteiger partial charge < -0.3 is 15.4 Å². The number of thioether (sulfide) groups is 1. The summed E-state index contributed by atoms with van der Waals surface area (Å²) >= 11 is 4.21. The van der Waals surface area contributed by atoms with Crippen LogP contribution in [0.3, 0.4) is 0 Å². The Labute approximate surface area is 186 Å². The Morgan fingerprint density at radius 3 is 2.80 bits per heavy atom. The lowest BCUT2D eigenvalue weighted by Gasteiger charge is -2.06. The predicted molar refractivity (Wildman–Crippen MR) is 121 cm³/mol. The molecule has 0 saturated carbocycles. The topological polar surface area (TPSA) is 93.2 Å². The van der Waals surface area contributed by atoms with Crippen molar-refractivity contribution in [1.82, 2.24) is 10.2 Å². The van der Waals surface area contributed by atoms with Gasteiger partial charge in [0, 0.05) is 11.4 Å². The minimum absolute atomic E-state index is 0.181. The predicted octanol–water partition coefficient (Wildman–Crippen LogP) is 4.22. The minimum Gasteiger partial charge on any atom is -0.465 e. The van der Waals surface area contributed by atoms with Crippen LogP contribution in [0.25, 0.3) is 0 Å². The number of carbonyl (C=O) groups is 2. The number of rotatable bonds is 8. The van der Waals surface area contributed by atoms with Crippen molar-refractivity contribution in [3.63, 3.8) is 0 Å². The van der Waals surface area contributed by atoms with Crippen molar-refractivity contribution in [2.45, 2.75) is 30.1 Å². The molecule has 0 radical (unpaired) electrons. The molecular formula is C20H20N4O3S3. The molecule has 2 N–H and O–H groups in total. The fourth-order valence-electron chi connectivity index (χ4n) is 3.21. The van der Waals surface area contributed by atoms with Gasteiger partial charge >= 0.3 is 5.97 Å². The minimum atomic E-state index is -0.393. The highest BCUT2D eigenvalue weighted by Crippen LogP contribution is 2.39. The van der Waals surface area contributed by atoms with Gasteiger partial charge in [0.1, 0.15) is 5.00 Å². The van der Waals surface area contributed by atoms with Gasteiger partial charge in [0.15, 0.2) is 4.34 Å². The third kappa shape index (κ3) is 4.82. The first-order valence-electron chi connectivity index (χ1n) is 9.41. The number of anilines is 2. The fraction of sp³-hybridized carbons (Fsp3) is 0.300. The number of thiophene rings is 1. The lowest BCUT2D eigenvalue weighted by atomic mass is 10.1. The zero-order valence-corrected chi connectivity index (χ0v) is 18.7. The number of hydrogen-bond acceptors (Lipinski definition) is 9. The van der Waals surface area contributed by atoms with E-state index in [1.54, 1.807) is 0 Å². The molecule has 0 aliphatic heterocycles. The highest BCUT2D eigenvalue weighted by Gasteiger charge is 2.28. The molecule has 1 aromatic carbocycles. The second-order valence-electron chi connectivity index (χ2n) is 6.60.